The summed E-state index contributed by atoms with van der Waals surface area (Å²) in [6.45, 7) is 4.24. The maximum absolute atomic E-state index is 11.7. The van der Waals surface area contributed by atoms with Crippen molar-refractivity contribution < 1.29 is 51.3 Å². The fraction of sp³-hybridized carbons (Fsp3) is 0.765. The van der Waals surface area contributed by atoms with Crippen molar-refractivity contribution in [1.29, 1.82) is 0 Å². The zero-order valence-corrected chi connectivity index (χ0v) is 18.9. The second-order valence-corrected chi connectivity index (χ2v) is 11.1. The van der Waals surface area contributed by atoms with Crippen LogP contribution in [0.25, 0.3) is 0 Å². The summed E-state index contributed by atoms with van der Waals surface area (Å²) in [5, 5.41) is 0. The van der Waals surface area contributed by atoms with E-state index in [2.05, 4.69) is 0 Å². The molecule has 1 fully saturated rings. The van der Waals surface area contributed by atoms with Crippen LogP contribution >= 0.6 is 10.8 Å². The van der Waals surface area contributed by atoms with Gasteiger partial charge in [-0.05, 0) is 17.2 Å². The monoisotopic (exact) mass is 470 g/mol. The molecule has 0 aromatic rings. The van der Waals surface area contributed by atoms with Crippen molar-refractivity contribution in [3.63, 3.8) is 0 Å². The molecule has 13 heteroatoms. The Kier molecular flexibility index (Phi) is 10.0. The topological polar surface area (TPSA) is 149 Å². The van der Waals surface area contributed by atoms with Crippen molar-refractivity contribution in [2.75, 3.05) is 18.6 Å². The summed E-state index contributed by atoms with van der Waals surface area (Å²) >= 11 is 0. The first-order valence-electron chi connectivity index (χ1n) is 8.95. The Morgan fingerprint density at radius 3 is 1.70 bits per heavy atom. The molecular formula is C17H26O11S2. The summed E-state index contributed by atoms with van der Waals surface area (Å²) in [6, 6.07) is 0. The molecule has 0 unspecified atom stereocenters. The molecule has 0 bridgehead atoms. The van der Waals surface area contributed by atoms with Crippen LogP contribution < -0.4 is 0 Å². The summed E-state index contributed by atoms with van der Waals surface area (Å²) in [7, 11) is -2.66. The van der Waals surface area contributed by atoms with E-state index in [9.17, 15) is 27.6 Å². The molecule has 30 heavy (non-hydrogen) atoms. The Bertz CT molecular complexity index is 749. The highest BCUT2D eigenvalue weighted by atomic mass is 33.1. The Morgan fingerprint density at radius 1 is 0.800 bits per heavy atom. The lowest BCUT2D eigenvalue weighted by atomic mass is 9.93. The normalized spacial score (nSPS) is 26.4. The van der Waals surface area contributed by atoms with Gasteiger partial charge in [-0.25, -0.2) is 8.42 Å². The number of esters is 4. The van der Waals surface area contributed by atoms with Gasteiger partial charge >= 0.3 is 23.9 Å². The molecule has 1 aliphatic rings. The van der Waals surface area contributed by atoms with Gasteiger partial charge in [-0.3, -0.25) is 19.2 Å². The lowest BCUT2D eigenvalue weighted by molar-refractivity contribution is -0.252. The smallest absolute Gasteiger partial charge is 0.303 e. The van der Waals surface area contributed by atoms with E-state index < -0.39 is 63.3 Å². The maximum atomic E-state index is 11.7. The fourth-order valence-corrected chi connectivity index (χ4v) is 4.69. The van der Waals surface area contributed by atoms with E-state index in [0.29, 0.717) is 10.8 Å². The highest BCUT2D eigenvalue weighted by molar-refractivity contribution is 8.71. The van der Waals surface area contributed by atoms with Gasteiger partial charge in [0.05, 0.1) is 6.10 Å². The van der Waals surface area contributed by atoms with E-state index >= 15 is 0 Å². The van der Waals surface area contributed by atoms with Crippen LogP contribution in [0.5, 0.6) is 0 Å². The highest BCUT2D eigenvalue weighted by Crippen LogP contribution is 2.31. The average molecular weight is 471 g/mol. The molecule has 1 heterocycles. The first-order chi connectivity index (χ1) is 13.8. The lowest BCUT2D eigenvalue weighted by Gasteiger charge is -2.44. The van der Waals surface area contributed by atoms with Gasteiger partial charge in [0.2, 0.25) is 0 Å². The SMILES string of the molecule is CC(=O)OC[C@H]1O[C@@H](CCSS(C)(=O)=O)[C@@H](OC(C)=O)[C@@H](OC(C)=O)[C@@H]1OC(C)=O. The summed E-state index contributed by atoms with van der Waals surface area (Å²) in [4.78, 5) is 46.2. The lowest BCUT2D eigenvalue weighted by Crippen LogP contribution is -2.62. The number of hydrogen-bond donors (Lipinski definition) is 0. The van der Waals surface area contributed by atoms with Crippen molar-refractivity contribution >= 4 is 43.5 Å². The molecule has 0 saturated carbocycles. The Labute approximate surface area is 178 Å². The third-order valence-electron chi connectivity index (χ3n) is 3.79. The second-order valence-electron chi connectivity index (χ2n) is 6.55. The molecule has 0 aromatic carbocycles. The van der Waals surface area contributed by atoms with Crippen molar-refractivity contribution in [2.24, 2.45) is 0 Å². The zero-order valence-electron chi connectivity index (χ0n) is 17.3. The zero-order chi connectivity index (χ0) is 23.1. The van der Waals surface area contributed by atoms with E-state index in [1.54, 1.807) is 0 Å². The van der Waals surface area contributed by atoms with Gasteiger partial charge in [-0.2, -0.15) is 0 Å². The van der Waals surface area contributed by atoms with Crippen molar-refractivity contribution in [3.8, 4) is 0 Å². The maximum Gasteiger partial charge on any atom is 0.303 e. The molecule has 1 rings (SSSR count). The van der Waals surface area contributed by atoms with E-state index in [-0.39, 0.29) is 18.8 Å². The van der Waals surface area contributed by atoms with Crippen LogP contribution in [-0.4, -0.2) is 81.4 Å². The fourth-order valence-electron chi connectivity index (χ4n) is 2.87. The molecule has 11 nitrogen and oxygen atoms in total. The molecule has 0 aliphatic carbocycles. The minimum atomic E-state index is -3.33. The summed E-state index contributed by atoms with van der Waals surface area (Å²) in [5.74, 6) is -2.68. The number of carbonyl (C=O) groups excluding carboxylic acids is 4. The van der Waals surface area contributed by atoms with Crippen molar-refractivity contribution in [3.05, 3.63) is 0 Å². The highest BCUT2D eigenvalue weighted by Gasteiger charge is 2.51. The molecular weight excluding hydrogens is 444 g/mol. The Balaban J connectivity index is 3.25. The predicted molar refractivity (Wildman–Crippen MR) is 104 cm³/mol. The molecule has 0 spiro atoms. The van der Waals surface area contributed by atoms with E-state index in [1.807, 2.05) is 0 Å². The van der Waals surface area contributed by atoms with Gasteiger partial charge in [-0.15, -0.1) is 0 Å². The first kappa shape index (κ1) is 26.2. The molecule has 1 aliphatic heterocycles. The predicted octanol–water partition coefficient (Wildman–Crippen LogP) is 0.195. The van der Waals surface area contributed by atoms with Crippen LogP contribution in [0.2, 0.25) is 0 Å². The van der Waals surface area contributed by atoms with Gasteiger partial charge in [0.15, 0.2) is 27.2 Å². The molecule has 1 saturated heterocycles. The largest absolute Gasteiger partial charge is 0.463 e. The molecule has 0 N–H and O–H groups in total. The minimum absolute atomic E-state index is 0.0899. The number of hydrogen-bond acceptors (Lipinski definition) is 12. The summed E-state index contributed by atoms with van der Waals surface area (Å²) in [6.07, 6.45) is -4.47. The molecule has 0 radical (unpaired) electrons. The van der Waals surface area contributed by atoms with Crippen LogP contribution in [0, 0.1) is 0 Å². The van der Waals surface area contributed by atoms with Gasteiger partial charge in [0.25, 0.3) is 0 Å². The minimum Gasteiger partial charge on any atom is -0.463 e. The van der Waals surface area contributed by atoms with E-state index in [1.165, 1.54) is 6.92 Å². The van der Waals surface area contributed by atoms with Crippen LogP contribution in [0.1, 0.15) is 34.1 Å². The van der Waals surface area contributed by atoms with Crippen LogP contribution in [0.3, 0.4) is 0 Å². The van der Waals surface area contributed by atoms with Gasteiger partial charge < -0.3 is 23.7 Å². The van der Waals surface area contributed by atoms with Gasteiger partial charge in [0, 0.05) is 39.7 Å². The standard InChI is InChI=1S/C17H26O11S2/c1-9(18)24-8-14-16(26-11(3)20)17(27-12(4)21)15(25-10(2)19)13(28-14)6-7-29-30(5,22)23/h13-17H,6-8H2,1-5H3/t13-,14+,15+,16+,17+/m0/s1. The third-order valence-corrected chi connectivity index (χ3v) is 6.40. The van der Waals surface area contributed by atoms with Crippen molar-refractivity contribution in [2.45, 2.75) is 64.6 Å². The van der Waals surface area contributed by atoms with Crippen LogP contribution in [0.4, 0.5) is 0 Å². The second kappa shape index (κ2) is 11.5. The van der Waals surface area contributed by atoms with Gasteiger partial charge in [0.1, 0.15) is 12.7 Å². The van der Waals surface area contributed by atoms with Gasteiger partial charge in [-0.1, -0.05) is 0 Å². The van der Waals surface area contributed by atoms with Crippen molar-refractivity contribution in [1.82, 2.24) is 0 Å². The third kappa shape index (κ3) is 9.30. The Morgan fingerprint density at radius 2 is 1.27 bits per heavy atom. The summed E-state index contributed by atoms with van der Waals surface area (Å²) < 4.78 is 49.5. The average Bonchev–Trinajstić information content (AvgIpc) is 2.55. The summed E-state index contributed by atoms with van der Waals surface area (Å²) in [5.41, 5.74) is 0. The number of carbonyl (C=O) groups is 4. The molecule has 0 aromatic heterocycles. The molecule has 172 valence electrons. The number of rotatable bonds is 9. The molecule has 5 atom stereocenters. The van der Waals surface area contributed by atoms with Crippen LogP contribution in [-0.2, 0) is 51.7 Å². The quantitative estimate of drug-likeness (QED) is 0.257. The van der Waals surface area contributed by atoms with E-state index in [0.717, 1.165) is 27.0 Å². The van der Waals surface area contributed by atoms with E-state index in [4.69, 9.17) is 23.7 Å². The molecule has 0 amide bonds. The van der Waals surface area contributed by atoms with Crippen LogP contribution in [0.15, 0.2) is 0 Å². The number of ether oxygens (including phenoxy) is 5. The first-order valence-corrected chi connectivity index (χ1v) is 12.3. The Hall–Kier alpha value is -1.86.